The maximum Gasteiger partial charge on any atom is 0.000965 e. The first kappa shape index (κ1) is 12.0. The molecule has 1 saturated carbocycles. The quantitative estimate of drug-likeness (QED) is 0.628. The number of nitrogens with zero attached hydrogens (tertiary/aromatic N) is 1. The van der Waals surface area contributed by atoms with E-state index in [-0.39, 0.29) is 0 Å². The molecule has 0 saturated heterocycles. The molecule has 0 aliphatic heterocycles. The van der Waals surface area contributed by atoms with Crippen LogP contribution in [0.5, 0.6) is 0 Å². The summed E-state index contributed by atoms with van der Waals surface area (Å²) >= 11 is 0. The highest BCUT2D eigenvalue weighted by atomic mass is 15.1. The van der Waals surface area contributed by atoms with Gasteiger partial charge in [0.15, 0.2) is 0 Å². The molecule has 0 bridgehead atoms. The molecule has 0 atom stereocenters. The van der Waals surface area contributed by atoms with Crippen LogP contribution in [0.1, 0.15) is 58.8 Å². The molecule has 1 heteroatoms. The fourth-order valence-electron chi connectivity index (χ4n) is 2.66. The van der Waals surface area contributed by atoms with E-state index in [9.17, 15) is 0 Å². The van der Waals surface area contributed by atoms with Crippen molar-refractivity contribution < 1.29 is 0 Å². The van der Waals surface area contributed by atoms with Crippen molar-refractivity contribution in [3.63, 3.8) is 0 Å². The molecule has 0 aromatic rings. The Hall–Kier alpha value is -0.0400. The molecule has 0 aromatic carbocycles. The number of hydrogen-bond acceptors (Lipinski definition) is 1. The predicted octanol–water partition coefficient (Wildman–Crippen LogP) is 3.69. The maximum absolute atomic E-state index is 2.68. The van der Waals surface area contributed by atoms with E-state index >= 15 is 0 Å². The third-order valence-electron chi connectivity index (χ3n) is 3.32. The van der Waals surface area contributed by atoms with Gasteiger partial charge in [-0.1, -0.05) is 33.1 Å². The monoisotopic (exact) mass is 197 g/mol. The summed E-state index contributed by atoms with van der Waals surface area (Å²) in [5.74, 6) is 1.02. The van der Waals surface area contributed by atoms with E-state index in [4.69, 9.17) is 0 Å². The molecule has 84 valence electrons. The molecule has 1 aliphatic rings. The molecule has 1 nitrogen and oxygen atoms in total. The third kappa shape index (κ3) is 4.45. The van der Waals surface area contributed by atoms with E-state index in [0.717, 1.165) is 5.92 Å². The maximum atomic E-state index is 2.68. The first-order valence-corrected chi connectivity index (χ1v) is 6.59. The van der Waals surface area contributed by atoms with E-state index < -0.39 is 0 Å². The van der Waals surface area contributed by atoms with Crippen molar-refractivity contribution in [1.29, 1.82) is 0 Å². The lowest BCUT2D eigenvalue weighted by atomic mass is 9.89. The van der Waals surface area contributed by atoms with Crippen LogP contribution < -0.4 is 0 Å². The normalized spacial score (nSPS) is 19.1. The largest absolute Gasteiger partial charge is 0.303 e. The second-order valence-electron chi connectivity index (χ2n) is 4.80. The molecule has 1 rings (SSSR count). The fourth-order valence-corrected chi connectivity index (χ4v) is 2.66. The molecular formula is C13H27N. The van der Waals surface area contributed by atoms with Crippen LogP contribution in [-0.2, 0) is 0 Å². The molecule has 0 heterocycles. The molecule has 0 spiro atoms. The Labute approximate surface area is 89.9 Å². The molecule has 0 radical (unpaired) electrons. The second kappa shape index (κ2) is 7.28. The van der Waals surface area contributed by atoms with Crippen molar-refractivity contribution in [3.05, 3.63) is 0 Å². The Balaban J connectivity index is 2.21. The van der Waals surface area contributed by atoms with Gasteiger partial charge in [-0.2, -0.15) is 0 Å². The Morgan fingerprint density at radius 1 is 0.929 bits per heavy atom. The molecular weight excluding hydrogens is 170 g/mol. The van der Waals surface area contributed by atoms with Crippen molar-refractivity contribution in [1.82, 2.24) is 4.90 Å². The van der Waals surface area contributed by atoms with Gasteiger partial charge < -0.3 is 4.90 Å². The van der Waals surface area contributed by atoms with E-state index in [1.807, 2.05) is 0 Å². The Morgan fingerprint density at radius 3 is 2.00 bits per heavy atom. The lowest BCUT2D eigenvalue weighted by Gasteiger charge is -2.29. The topological polar surface area (TPSA) is 3.24 Å². The Bertz CT molecular complexity index is 121. The highest BCUT2D eigenvalue weighted by Gasteiger charge is 2.16. The highest BCUT2D eigenvalue weighted by Crippen LogP contribution is 2.24. The summed E-state index contributed by atoms with van der Waals surface area (Å²) in [7, 11) is 0. The Kier molecular flexibility index (Phi) is 6.25. The molecule has 1 fully saturated rings. The van der Waals surface area contributed by atoms with Crippen LogP contribution in [0.15, 0.2) is 0 Å². The van der Waals surface area contributed by atoms with Gasteiger partial charge in [-0.05, 0) is 44.7 Å². The van der Waals surface area contributed by atoms with Crippen LogP contribution in [0.2, 0.25) is 0 Å². The summed E-state index contributed by atoms with van der Waals surface area (Å²) in [5.41, 5.74) is 0. The minimum absolute atomic E-state index is 1.02. The van der Waals surface area contributed by atoms with Crippen LogP contribution >= 0.6 is 0 Å². The van der Waals surface area contributed by atoms with Crippen molar-refractivity contribution >= 4 is 0 Å². The van der Waals surface area contributed by atoms with Gasteiger partial charge in [0.1, 0.15) is 0 Å². The predicted molar refractivity (Wildman–Crippen MR) is 63.6 cm³/mol. The van der Waals surface area contributed by atoms with Crippen molar-refractivity contribution in [2.24, 2.45) is 5.92 Å². The molecule has 0 aromatic heterocycles. The fraction of sp³-hybridized carbons (Fsp3) is 1.00. The van der Waals surface area contributed by atoms with Gasteiger partial charge in [0, 0.05) is 6.54 Å². The summed E-state index contributed by atoms with van der Waals surface area (Å²) in [4.78, 5) is 2.68. The standard InChI is InChI=1S/C13H27N/c1-3-10-14(11-4-2)12-13-8-6-5-7-9-13/h13H,3-12H2,1-2H3. The van der Waals surface area contributed by atoms with E-state index in [1.54, 1.807) is 0 Å². The van der Waals surface area contributed by atoms with Crippen LogP contribution in [-0.4, -0.2) is 24.5 Å². The third-order valence-corrected chi connectivity index (χ3v) is 3.32. The van der Waals surface area contributed by atoms with Gasteiger partial charge in [-0.25, -0.2) is 0 Å². The Morgan fingerprint density at radius 2 is 1.50 bits per heavy atom. The lowest BCUT2D eigenvalue weighted by molar-refractivity contribution is 0.201. The minimum Gasteiger partial charge on any atom is -0.303 e. The van der Waals surface area contributed by atoms with Gasteiger partial charge in [0.25, 0.3) is 0 Å². The number of rotatable bonds is 6. The van der Waals surface area contributed by atoms with E-state index in [2.05, 4.69) is 18.7 Å². The SMILES string of the molecule is CCCN(CCC)CC1CCCCC1. The smallest absolute Gasteiger partial charge is 0.000965 e. The highest BCUT2D eigenvalue weighted by molar-refractivity contribution is 4.70. The zero-order valence-corrected chi connectivity index (χ0v) is 10.1. The molecule has 0 amide bonds. The number of hydrogen-bond donors (Lipinski definition) is 0. The molecule has 0 unspecified atom stereocenters. The first-order chi connectivity index (χ1) is 6.86. The van der Waals surface area contributed by atoms with Gasteiger partial charge in [-0.15, -0.1) is 0 Å². The van der Waals surface area contributed by atoms with Crippen molar-refractivity contribution in [2.45, 2.75) is 58.8 Å². The summed E-state index contributed by atoms with van der Waals surface area (Å²) in [6.45, 7) is 8.59. The zero-order valence-electron chi connectivity index (χ0n) is 10.1. The van der Waals surface area contributed by atoms with E-state index in [1.165, 1.54) is 64.6 Å². The molecule has 1 aliphatic carbocycles. The molecule has 14 heavy (non-hydrogen) atoms. The van der Waals surface area contributed by atoms with Gasteiger partial charge >= 0.3 is 0 Å². The average Bonchev–Trinajstić information content (AvgIpc) is 2.20. The van der Waals surface area contributed by atoms with Gasteiger partial charge in [-0.3, -0.25) is 0 Å². The van der Waals surface area contributed by atoms with Crippen LogP contribution in [0.3, 0.4) is 0 Å². The van der Waals surface area contributed by atoms with Gasteiger partial charge in [0.2, 0.25) is 0 Å². The summed E-state index contributed by atoms with van der Waals surface area (Å²) in [5, 5.41) is 0. The van der Waals surface area contributed by atoms with Gasteiger partial charge in [0.05, 0.1) is 0 Å². The molecule has 0 N–H and O–H groups in total. The minimum atomic E-state index is 1.02. The first-order valence-electron chi connectivity index (χ1n) is 6.59. The van der Waals surface area contributed by atoms with Crippen molar-refractivity contribution in [2.75, 3.05) is 19.6 Å². The van der Waals surface area contributed by atoms with Crippen LogP contribution in [0.25, 0.3) is 0 Å². The summed E-state index contributed by atoms with van der Waals surface area (Å²) in [6.07, 6.45) is 10.1. The zero-order chi connectivity index (χ0) is 10.2. The van der Waals surface area contributed by atoms with Crippen molar-refractivity contribution in [3.8, 4) is 0 Å². The van der Waals surface area contributed by atoms with E-state index in [0.29, 0.717) is 0 Å². The average molecular weight is 197 g/mol. The summed E-state index contributed by atoms with van der Waals surface area (Å²) in [6, 6.07) is 0. The summed E-state index contributed by atoms with van der Waals surface area (Å²) < 4.78 is 0. The lowest BCUT2D eigenvalue weighted by Crippen LogP contribution is -2.31. The van der Waals surface area contributed by atoms with Crippen LogP contribution in [0, 0.1) is 5.92 Å². The van der Waals surface area contributed by atoms with Crippen LogP contribution in [0.4, 0.5) is 0 Å². The second-order valence-corrected chi connectivity index (χ2v) is 4.80.